The van der Waals surface area contributed by atoms with Crippen molar-refractivity contribution < 1.29 is 14.2 Å². The van der Waals surface area contributed by atoms with Crippen LogP contribution in [0.3, 0.4) is 0 Å². The van der Waals surface area contributed by atoms with Crippen LogP contribution in [0.2, 0.25) is 12.6 Å². The summed E-state index contributed by atoms with van der Waals surface area (Å²) in [6, 6.07) is 0.0664. The van der Waals surface area contributed by atoms with Gasteiger partial charge in [-0.2, -0.15) is 0 Å². The molecule has 0 aliphatic carbocycles. The zero-order valence-corrected chi connectivity index (χ0v) is 14.9. The summed E-state index contributed by atoms with van der Waals surface area (Å²) in [5, 5.41) is 0. The van der Waals surface area contributed by atoms with Crippen molar-refractivity contribution in [1.82, 2.24) is 4.90 Å². The molecule has 126 valence electrons. The molecular weight excluding hydrogens is 277 g/mol. The van der Waals surface area contributed by atoms with Crippen LogP contribution in [0, 0.1) is 5.92 Å². The van der Waals surface area contributed by atoms with E-state index in [1.54, 1.807) is 4.90 Å². The molecule has 1 fully saturated rings. The molecule has 1 heterocycles. The molecule has 5 heteroatoms. The number of nitrogens with zero attached hydrogens (tertiary/aromatic N) is 1. The van der Waals surface area contributed by atoms with Crippen LogP contribution in [0.25, 0.3) is 0 Å². The number of cyclic esters (lactones) is 1. The molecule has 0 aromatic heterocycles. The van der Waals surface area contributed by atoms with Crippen molar-refractivity contribution in [2.24, 2.45) is 5.92 Å². The third kappa shape index (κ3) is 5.26. The first-order valence-electron chi connectivity index (χ1n) is 8.84. The first kappa shape index (κ1) is 18.9. The molecule has 1 atom stereocenters. The summed E-state index contributed by atoms with van der Waals surface area (Å²) in [5.41, 5.74) is 0. The van der Waals surface area contributed by atoms with Crippen molar-refractivity contribution in [3.05, 3.63) is 12.0 Å². The predicted octanol–water partition coefficient (Wildman–Crippen LogP) is 4.93. The SMILES string of the molecule is C/C=C(/OB(CCCC)CCCC)N1C(=O)OCC1C(C)C. The van der Waals surface area contributed by atoms with Gasteiger partial charge in [-0.15, -0.1) is 0 Å². The van der Waals surface area contributed by atoms with E-state index in [4.69, 9.17) is 9.39 Å². The van der Waals surface area contributed by atoms with Crippen LogP contribution in [0.1, 0.15) is 60.3 Å². The first-order valence-corrected chi connectivity index (χ1v) is 8.84. The summed E-state index contributed by atoms with van der Waals surface area (Å²) in [5.74, 6) is 1.01. The van der Waals surface area contributed by atoms with Gasteiger partial charge in [0.1, 0.15) is 6.61 Å². The van der Waals surface area contributed by atoms with Gasteiger partial charge in [0, 0.05) is 0 Å². The fourth-order valence-electron chi connectivity index (χ4n) is 2.74. The quantitative estimate of drug-likeness (QED) is 0.424. The minimum Gasteiger partial charge on any atom is -0.549 e. The Hall–Kier alpha value is -1.13. The topological polar surface area (TPSA) is 38.8 Å². The highest BCUT2D eigenvalue weighted by molar-refractivity contribution is 6.52. The van der Waals surface area contributed by atoms with E-state index in [1.807, 2.05) is 13.0 Å². The molecule has 22 heavy (non-hydrogen) atoms. The molecule has 0 aromatic rings. The van der Waals surface area contributed by atoms with E-state index in [0.717, 1.165) is 38.3 Å². The minimum absolute atomic E-state index is 0.0664. The van der Waals surface area contributed by atoms with Gasteiger partial charge >= 0.3 is 13.0 Å². The molecule has 1 aliphatic heterocycles. The molecule has 0 spiro atoms. The number of carbonyl (C=O) groups excluding carboxylic acids is 1. The van der Waals surface area contributed by atoms with Gasteiger partial charge in [0.15, 0.2) is 5.88 Å². The average molecular weight is 309 g/mol. The second-order valence-electron chi connectivity index (χ2n) is 6.41. The Balaban J connectivity index is 2.77. The fraction of sp³-hybridized carbons (Fsp3) is 0.824. The molecular formula is C17H32BNO3. The lowest BCUT2D eigenvalue weighted by molar-refractivity contribution is 0.149. The lowest BCUT2D eigenvalue weighted by atomic mass is 9.59. The van der Waals surface area contributed by atoms with E-state index in [-0.39, 0.29) is 19.1 Å². The van der Waals surface area contributed by atoms with Crippen LogP contribution in [-0.4, -0.2) is 30.6 Å². The van der Waals surface area contributed by atoms with Crippen molar-refractivity contribution in [2.75, 3.05) is 6.61 Å². The standard InChI is InChI=1S/C17H32BNO3/c1-6-9-11-18(12-10-7-2)22-16(8-3)19-15(14(4)5)13-21-17(19)20/h8,14-15H,6-7,9-13H2,1-5H3/b16-8+. The molecule has 0 saturated carbocycles. The number of amides is 1. The summed E-state index contributed by atoms with van der Waals surface area (Å²) in [7, 11) is 0. The lowest BCUT2D eigenvalue weighted by Crippen LogP contribution is -2.39. The average Bonchev–Trinajstić information content (AvgIpc) is 2.88. The van der Waals surface area contributed by atoms with Crippen LogP contribution in [0.4, 0.5) is 4.79 Å². The third-order valence-corrected chi connectivity index (χ3v) is 4.21. The maximum Gasteiger partial charge on any atom is 0.417 e. The van der Waals surface area contributed by atoms with Gasteiger partial charge in [-0.1, -0.05) is 53.4 Å². The zero-order valence-electron chi connectivity index (χ0n) is 14.9. The van der Waals surface area contributed by atoms with E-state index < -0.39 is 0 Å². The lowest BCUT2D eigenvalue weighted by Gasteiger charge is -2.29. The maximum atomic E-state index is 12.1. The van der Waals surface area contributed by atoms with Gasteiger partial charge in [-0.05, 0) is 31.6 Å². The van der Waals surface area contributed by atoms with E-state index in [1.165, 1.54) is 0 Å². The Morgan fingerprint density at radius 3 is 2.41 bits per heavy atom. The minimum atomic E-state index is -0.281. The number of ether oxygens (including phenoxy) is 1. The molecule has 1 amide bonds. The Morgan fingerprint density at radius 1 is 1.36 bits per heavy atom. The molecule has 1 rings (SSSR count). The van der Waals surface area contributed by atoms with Crippen molar-refractivity contribution in [3.63, 3.8) is 0 Å². The highest BCUT2D eigenvalue weighted by Gasteiger charge is 2.38. The normalized spacial score (nSPS) is 18.8. The van der Waals surface area contributed by atoms with E-state index in [2.05, 4.69) is 27.7 Å². The van der Waals surface area contributed by atoms with Gasteiger partial charge in [0.2, 0.25) is 0 Å². The van der Waals surface area contributed by atoms with Crippen LogP contribution < -0.4 is 0 Å². The van der Waals surface area contributed by atoms with Gasteiger partial charge in [-0.3, -0.25) is 0 Å². The van der Waals surface area contributed by atoms with Gasteiger partial charge in [0.25, 0.3) is 0 Å². The van der Waals surface area contributed by atoms with E-state index >= 15 is 0 Å². The molecule has 0 N–H and O–H groups in total. The Kier molecular flexibility index (Phi) is 8.43. The van der Waals surface area contributed by atoms with Crippen molar-refractivity contribution >= 4 is 13.0 Å². The molecule has 0 radical (unpaired) electrons. The summed E-state index contributed by atoms with van der Waals surface area (Å²) in [6.45, 7) is 11.2. The van der Waals surface area contributed by atoms with E-state index in [0.29, 0.717) is 18.4 Å². The largest absolute Gasteiger partial charge is 0.549 e. The third-order valence-electron chi connectivity index (χ3n) is 4.21. The summed E-state index contributed by atoms with van der Waals surface area (Å²) in [4.78, 5) is 13.8. The van der Waals surface area contributed by atoms with Crippen molar-refractivity contribution in [1.29, 1.82) is 0 Å². The number of hydrogen-bond donors (Lipinski definition) is 0. The van der Waals surface area contributed by atoms with Gasteiger partial charge in [0.05, 0.1) is 6.04 Å². The van der Waals surface area contributed by atoms with E-state index in [9.17, 15) is 4.79 Å². The monoisotopic (exact) mass is 309 g/mol. The molecule has 0 aromatic carbocycles. The number of carbonyl (C=O) groups is 1. The highest BCUT2D eigenvalue weighted by atomic mass is 16.6. The van der Waals surface area contributed by atoms with Crippen LogP contribution >= 0.6 is 0 Å². The van der Waals surface area contributed by atoms with Gasteiger partial charge in [-0.25, -0.2) is 9.69 Å². The predicted molar refractivity (Wildman–Crippen MR) is 91.8 cm³/mol. The van der Waals surface area contributed by atoms with Crippen LogP contribution in [0.15, 0.2) is 12.0 Å². The number of allylic oxidation sites excluding steroid dienone is 1. The fourth-order valence-corrected chi connectivity index (χ4v) is 2.74. The Labute approximate surface area is 136 Å². The van der Waals surface area contributed by atoms with Crippen molar-refractivity contribution in [2.45, 2.75) is 79.0 Å². The molecule has 1 unspecified atom stereocenters. The highest BCUT2D eigenvalue weighted by Crippen LogP contribution is 2.26. The number of hydrogen-bond acceptors (Lipinski definition) is 3. The maximum absolute atomic E-state index is 12.1. The Bertz CT molecular complexity index is 363. The summed E-state index contributed by atoms with van der Waals surface area (Å²) < 4.78 is 11.5. The number of rotatable bonds is 10. The first-order chi connectivity index (χ1) is 10.5. The summed E-state index contributed by atoms with van der Waals surface area (Å²) >= 11 is 0. The molecule has 4 nitrogen and oxygen atoms in total. The summed E-state index contributed by atoms with van der Waals surface area (Å²) in [6.07, 6.45) is 8.34. The zero-order chi connectivity index (χ0) is 16.5. The van der Waals surface area contributed by atoms with Crippen LogP contribution in [-0.2, 0) is 9.39 Å². The molecule has 1 saturated heterocycles. The molecule has 0 bridgehead atoms. The van der Waals surface area contributed by atoms with Crippen LogP contribution in [0.5, 0.6) is 0 Å². The van der Waals surface area contributed by atoms with Gasteiger partial charge < -0.3 is 9.39 Å². The Morgan fingerprint density at radius 2 is 1.95 bits per heavy atom. The number of unbranched alkanes of at least 4 members (excludes halogenated alkanes) is 2. The van der Waals surface area contributed by atoms with Crippen molar-refractivity contribution in [3.8, 4) is 0 Å². The molecule has 1 aliphatic rings. The second kappa shape index (κ2) is 9.80. The second-order valence-corrected chi connectivity index (χ2v) is 6.41. The smallest absolute Gasteiger partial charge is 0.417 e.